The molecule has 0 fully saturated rings. The van der Waals surface area contributed by atoms with Gasteiger partial charge in [-0.25, -0.2) is 9.24 Å². The third-order valence-corrected chi connectivity index (χ3v) is 10.6. The largest absolute Gasteiger partial charge is 0.256 e. The second-order valence-corrected chi connectivity index (χ2v) is 14.3. The van der Waals surface area contributed by atoms with E-state index in [0.717, 1.165) is 72.5 Å². The Morgan fingerprint density at radius 2 is 0.897 bits per heavy atom. The van der Waals surface area contributed by atoms with Crippen LogP contribution in [0.3, 0.4) is 0 Å². The van der Waals surface area contributed by atoms with Crippen molar-refractivity contribution in [2.45, 2.75) is 6.92 Å². The van der Waals surface area contributed by atoms with Crippen molar-refractivity contribution in [2.75, 3.05) is 0 Å². The molecule has 0 saturated carbocycles. The first-order valence-corrected chi connectivity index (χ1v) is 19.2. The predicted octanol–water partition coefficient (Wildman–Crippen LogP) is 14.8. The van der Waals surface area contributed by atoms with E-state index in [9.17, 15) is 4.39 Å². The average molecular weight is 746 g/mol. The van der Waals surface area contributed by atoms with Gasteiger partial charge in [-0.2, -0.15) is 0 Å². The first kappa shape index (κ1) is 35.9. The molecular weight excluding hydrogens is 710 g/mol. The van der Waals surface area contributed by atoms with E-state index in [0.29, 0.717) is 11.3 Å². The highest BCUT2D eigenvalue weighted by Crippen LogP contribution is 2.42. The van der Waals surface area contributed by atoms with E-state index in [2.05, 4.69) is 151 Å². The van der Waals surface area contributed by atoms with Crippen molar-refractivity contribution in [1.82, 2.24) is 9.97 Å². The van der Waals surface area contributed by atoms with Gasteiger partial charge < -0.3 is 0 Å². The van der Waals surface area contributed by atoms with Crippen LogP contribution in [-0.4, -0.2) is 9.97 Å². The van der Waals surface area contributed by atoms with Crippen molar-refractivity contribution in [3.63, 3.8) is 0 Å². The fourth-order valence-corrected chi connectivity index (χ4v) is 7.68. The Morgan fingerprint density at radius 3 is 1.53 bits per heavy atom. The summed E-state index contributed by atoms with van der Waals surface area (Å²) in [5.41, 5.74) is 17.7. The summed E-state index contributed by atoms with van der Waals surface area (Å²) in [6.07, 6.45) is 3.87. The maximum absolute atomic E-state index is 14.0. The highest BCUT2D eigenvalue weighted by atomic mass is 19.1. The van der Waals surface area contributed by atoms with Crippen LogP contribution in [0.5, 0.6) is 0 Å². The topological polar surface area (TPSA) is 30.1 Å². The summed E-state index contributed by atoms with van der Waals surface area (Å²) >= 11 is 0. The van der Waals surface area contributed by atoms with Gasteiger partial charge in [-0.15, -0.1) is 0 Å². The van der Waals surface area contributed by atoms with Crippen molar-refractivity contribution in [3.05, 3.63) is 223 Å². The van der Waals surface area contributed by atoms with E-state index in [1.807, 2.05) is 42.7 Å². The molecule has 0 spiro atoms. The van der Waals surface area contributed by atoms with E-state index in [-0.39, 0.29) is 5.69 Å². The third-order valence-electron chi connectivity index (χ3n) is 10.6. The third kappa shape index (κ3) is 7.21. The molecule has 9 aromatic rings. The standard InChI is InChI=1S/C54H36FN3/c1-36-29-43(46-18-10-9-17-45(46)42-26-28-52(57-34-42)41-25-27-51(55)54(32-41)56-2)31-44(30-36)47-19-11-12-20-48(47)50-35-58-53(40-15-7-4-8-16-40)33-49(50)39-23-21-38(22-24-39)37-13-5-3-6-14-37/h3-35H,1H3. The zero-order chi connectivity index (χ0) is 39.4. The molecule has 0 radical (unpaired) electrons. The molecule has 7 aromatic carbocycles. The molecule has 2 heterocycles. The summed E-state index contributed by atoms with van der Waals surface area (Å²) in [6, 6.07) is 64.1. The van der Waals surface area contributed by atoms with Gasteiger partial charge in [0.1, 0.15) is 5.82 Å². The summed E-state index contributed by atoms with van der Waals surface area (Å²) in [5.74, 6) is -0.531. The van der Waals surface area contributed by atoms with Crippen LogP contribution in [-0.2, 0) is 0 Å². The maximum Gasteiger partial charge on any atom is 0.222 e. The van der Waals surface area contributed by atoms with Crippen molar-refractivity contribution in [2.24, 2.45) is 0 Å². The highest BCUT2D eigenvalue weighted by Gasteiger charge is 2.17. The minimum atomic E-state index is -0.531. The fraction of sp³-hybridized carbons (Fsp3) is 0.0185. The molecule has 0 aliphatic rings. The normalized spacial score (nSPS) is 10.9. The molecule has 58 heavy (non-hydrogen) atoms. The Hall–Kier alpha value is -7.74. The van der Waals surface area contributed by atoms with Crippen LogP contribution in [0.2, 0.25) is 0 Å². The molecule has 2 aromatic heterocycles. The average Bonchev–Trinajstić information content (AvgIpc) is 3.29. The van der Waals surface area contributed by atoms with Crippen molar-refractivity contribution in [3.8, 4) is 89.3 Å². The van der Waals surface area contributed by atoms with Crippen LogP contribution in [0.4, 0.5) is 10.1 Å². The Morgan fingerprint density at radius 1 is 0.379 bits per heavy atom. The minimum Gasteiger partial charge on any atom is -0.256 e. The van der Waals surface area contributed by atoms with Crippen LogP contribution >= 0.6 is 0 Å². The molecule has 0 aliphatic carbocycles. The summed E-state index contributed by atoms with van der Waals surface area (Å²) in [7, 11) is 0. The molecule has 0 saturated heterocycles. The zero-order valence-electron chi connectivity index (χ0n) is 31.8. The molecule has 0 bridgehead atoms. The molecule has 274 valence electrons. The van der Waals surface area contributed by atoms with Gasteiger partial charge in [0.25, 0.3) is 0 Å². The molecule has 3 nitrogen and oxygen atoms in total. The van der Waals surface area contributed by atoms with Crippen LogP contribution in [0.1, 0.15) is 5.56 Å². The lowest BCUT2D eigenvalue weighted by Crippen LogP contribution is -1.94. The number of hydrogen-bond donors (Lipinski definition) is 0. The van der Waals surface area contributed by atoms with E-state index in [4.69, 9.17) is 16.5 Å². The summed E-state index contributed by atoms with van der Waals surface area (Å²) in [6.45, 7) is 9.46. The molecule has 0 N–H and O–H groups in total. The second kappa shape index (κ2) is 15.8. The van der Waals surface area contributed by atoms with Crippen molar-refractivity contribution >= 4 is 5.69 Å². The number of nitrogens with zero attached hydrogens (tertiary/aromatic N) is 3. The minimum absolute atomic E-state index is 0.0141. The monoisotopic (exact) mass is 745 g/mol. The summed E-state index contributed by atoms with van der Waals surface area (Å²) < 4.78 is 14.0. The van der Waals surface area contributed by atoms with Gasteiger partial charge in [-0.05, 0) is 104 Å². The molecule has 9 rings (SSSR count). The Kier molecular flexibility index (Phi) is 9.78. The van der Waals surface area contributed by atoms with Crippen molar-refractivity contribution in [1.29, 1.82) is 0 Å². The van der Waals surface area contributed by atoms with E-state index < -0.39 is 5.82 Å². The van der Waals surface area contributed by atoms with Gasteiger partial charge in [-0.3, -0.25) is 9.97 Å². The van der Waals surface area contributed by atoms with Gasteiger partial charge in [0, 0.05) is 29.1 Å². The van der Waals surface area contributed by atoms with Crippen LogP contribution in [0.25, 0.3) is 94.1 Å². The molecule has 4 heteroatoms. The first-order chi connectivity index (χ1) is 28.5. The quantitative estimate of drug-likeness (QED) is 0.145. The van der Waals surface area contributed by atoms with Gasteiger partial charge in [0.05, 0.1) is 18.0 Å². The van der Waals surface area contributed by atoms with Crippen LogP contribution in [0.15, 0.2) is 200 Å². The number of halogens is 1. The molecular formula is C54H36FN3. The van der Waals surface area contributed by atoms with E-state index in [1.165, 1.54) is 17.2 Å². The summed E-state index contributed by atoms with van der Waals surface area (Å²) in [5, 5.41) is 0. The second-order valence-electron chi connectivity index (χ2n) is 14.3. The van der Waals surface area contributed by atoms with Crippen molar-refractivity contribution < 1.29 is 4.39 Å². The Labute approximate surface area is 338 Å². The SMILES string of the molecule is [C-]#[N+]c1cc(-c2ccc(-c3ccccc3-c3cc(C)cc(-c4ccccc4-c4cnc(-c5ccccc5)cc4-c4ccc(-c5ccccc5)cc4)c3)cn2)ccc1F. The van der Waals surface area contributed by atoms with Crippen LogP contribution in [0, 0.1) is 19.3 Å². The zero-order valence-corrected chi connectivity index (χ0v) is 31.8. The van der Waals surface area contributed by atoms with Gasteiger partial charge in [0.2, 0.25) is 5.69 Å². The molecule has 0 aliphatic heterocycles. The maximum atomic E-state index is 14.0. The predicted molar refractivity (Wildman–Crippen MR) is 236 cm³/mol. The van der Waals surface area contributed by atoms with E-state index in [1.54, 1.807) is 12.1 Å². The number of benzene rings is 7. The molecule has 0 atom stereocenters. The van der Waals surface area contributed by atoms with Crippen LogP contribution < -0.4 is 0 Å². The Bertz CT molecular complexity index is 2950. The lowest BCUT2D eigenvalue weighted by atomic mass is 9.87. The lowest BCUT2D eigenvalue weighted by molar-refractivity contribution is 0.634. The number of pyridine rings is 2. The highest BCUT2D eigenvalue weighted by molar-refractivity contribution is 5.94. The van der Waals surface area contributed by atoms with Gasteiger partial charge in [0.15, 0.2) is 0 Å². The summed E-state index contributed by atoms with van der Waals surface area (Å²) in [4.78, 5) is 13.1. The van der Waals surface area contributed by atoms with Gasteiger partial charge in [-0.1, -0.05) is 158 Å². The molecule has 0 amide bonds. The first-order valence-electron chi connectivity index (χ1n) is 19.2. The fourth-order valence-electron chi connectivity index (χ4n) is 7.68. The number of hydrogen-bond acceptors (Lipinski definition) is 2. The lowest BCUT2D eigenvalue weighted by Gasteiger charge is -2.18. The number of aryl methyl sites for hydroxylation is 1. The molecule has 0 unspecified atom stereocenters. The number of aromatic nitrogens is 2. The smallest absolute Gasteiger partial charge is 0.222 e. The van der Waals surface area contributed by atoms with Gasteiger partial charge >= 0.3 is 0 Å². The van der Waals surface area contributed by atoms with E-state index >= 15 is 0 Å². The Balaban J connectivity index is 1.12. The number of rotatable bonds is 8.